The van der Waals surface area contributed by atoms with E-state index in [9.17, 15) is 4.79 Å². The lowest BCUT2D eigenvalue weighted by molar-refractivity contribution is 0.0689. The van der Waals surface area contributed by atoms with Crippen LogP contribution in [0.25, 0.3) is 11.4 Å². The van der Waals surface area contributed by atoms with Crippen molar-refractivity contribution in [3.8, 4) is 11.4 Å². The van der Waals surface area contributed by atoms with E-state index in [1.807, 2.05) is 0 Å². The number of carbonyl (C=O) groups is 1. The highest BCUT2D eigenvalue weighted by atomic mass is 16.4. The number of aromatic carboxylic acids is 1. The molecular weight excluding hydrogens is 208 g/mol. The standard InChI is InChI=1S/C11H10N2O3/c1-6-5-12-10(13-9(6)11(14)15)8-3-4-16-7(8)2/h3-5H,1-2H3,(H,14,15). The molecule has 0 bridgehead atoms. The Morgan fingerprint density at radius 3 is 2.75 bits per heavy atom. The quantitative estimate of drug-likeness (QED) is 0.834. The van der Waals surface area contributed by atoms with Crippen molar-refractivity contribution in [2.75, 3.05) is 0 Å². The van der Waals surface area contributed by atoms with E-state index in [0.717, 1.165) is 0 Å². The number of carboxylic acids is 1. The number of carboxylic acid groups (broad SMARTS) is 1. The van der Waals surface area contributed by atoms with Gasteiger partial charge in [0.05, 0.1) is 11.8 Å². The maximum absolute atomic E-state index is 10.9. The average molecular weight is 218 g/mol. The van der Waals surface area contributed by atoms with Crippen molar-refractivity contribution < 1.29 is 14.3 Å². The molecule has 0 fully saturated rings. The van der Waals surface area contributed by atoms with Crippen LogP contribution in [0.4, 0.5) is 0 Å². The summed E-state index contributed by atoms with van der Waals surface area (Å²) < 4.78 is 5.12. The van der Waals surface area contributed by atoms with Crippen LogP contribution in [0.2, 0.25) is 0 Å². The smallest absolute Gasteiger partial charge is 0.354 e. The molecule has 2 rings (SSSR count). The van der Waals surface area contributed by atoms with Gasteiger partial charge in [-0.15, -0.1) is 0 Å². The molecule has 0 radical (unpaired) electrons. The molecule has 0 aliphatic carbocycles. The number of furan rings is 1. The van der Waals surface area contributed by atoms with Crippen molar-refractivity contribution in [2.24, 2.45) is 0 Å². The van der Waals surface area contributed by atoms with Crippen molar-refractivity contribution in [3.63, 3.8) is 0 Å². The molecule has 2 heterocycles. The lowest BCUT2D eigenvalue weighted by Crippen LogP contribution is -2.05. The first-order valence-electron chi connectivity index (χ1n) is 4.71. The number of aromatic nitrogens is 2. The minimum Gasteiger partial charge on any atom is -0.477 e. The summed E-state index contributed by atoms with van der Waals surface area (Å²) in [5, 5.41) is 8.94. The second-order valence-corrected chi connectivity index (χ2v) is 3.42. The Bertz CT molecular complexity index is 546. The Morgan fingerprint density at radius 2 is 2.19 bits per heavy atom. The van der Waals surface area contributed by atoms with E-state index in [-0.39, 0.29) is 5.69 Å². The Kier molecular flexibility index (Phi) is 2.44. The van der Waals surface area contributed by atoms with Gasteiger partial charge in [0.15, 0.2) is 11.5 Å². The summed E-state index contributed by atoms with van der Waals surface area (Å²) in [6.45, 7) is 3.44. The zero-order valence-corrected chi connectivity index (χ0v) is 8.89. The van der Waals surface area contributed by atoms with E-state index in [0.29, 0.717) is 22.7 Å². The van der Waals surface area contributed by atoms with Crippen LogP contribution in [-0.4, -0.2) is 21.0 Å². The minimum absolute atomic E-state index is 0.0191. The molecule has 0 spiro atoms. The Morgan fingerprint density at radius 1 is 1.44 bits per heavy atom. The van der Waals surface area contributed by atoms with Crippen LogP contribution < -0.4 is 0 Å². The van der Waals surface area contributed by atoms with Crippen LogP contribution in [0.5, 0.6) is 0 Å². The molecule has 0 saturated carbocycles. The predicted octanol–water partition coefficient (Wildman–Crippen LogP) is 2.05. The fraction of sp³-hybridized carbons (Fsp3) is 0.182. The molecule has 0 aliphatic rings. The van der Waals surface area contributed by atoms with Gasteiger partial charge in [0.1, 0.15) is 5.76 Å². The van der Waals surface area contributed by atoms with E-state index in [1.54, 1.807) is 19.9 Å². The highest BCUT2D eigenvalue weighted by Crippen LogP contribution is 2.21. The summed E-state index contributed by atoms with van der Waals surface area (Å²) in [6.07, 6.45) is 3.02. The molecule has 0 amide bonds. The van der Waals surface area contributed by atoms with Crippen molar-refractivity contribution in [3.05, 3.63) is 35.5 Å². The third kappa shape index (κ3) is 1.67. The molecule has 1 N–H and O–H groups in total. The first-order chi connectivity index (χ1) is 7.59. The van der Waals surface area contributed by atoms with E-state index in [4.69, 9.17) is 9.52 Å². The topological polar surface area (TPSA) is 76.2 Å². The van der Waals surface area contributed by atoms with Gasteiger partial charge >= 0.3 is 5.97 Å². The maximum atomic E-state index is 10.9. The lowest BCUT2D eigenvalue weighted by atomic mass is 10.2. The van der Waals surface area contributed by atoms with Crippen LogP contribution in [0.3, 0.4) is 0 Å². The summed E-state index contributed by atoms with van der Waals surface area (Å²) >= 11 is 0. The van der Waals surface area contributed by atoms with Crippen molar-refractivity contribution >= 4 is 5.97 Å². The zero-order valence-electron chi connectivity index (χ0n) is 8.89. The van der Waals surface area contributed by atoms with E-state index in [2.05, 4.69) is 9.97 Å². The summed E-state index contributed by atoms with van der Waals surface area (Å²) in [6, 6.07) is 1.71. The summed E-state index contributed by atoms with van der Waals surface area (Å²) in [5.74, 6) is -0.0169. The van der Waals surface area contributed by atoms with Crippen molar-refractivity contribution in [1.29, 1.82) is 0 Å². The minimum atomic E-state index is -1.05. The first kappa shape index (κ1) is 10.4. The third-order valence-electron chi connectivity index (χ3n) is 2.27. The Balaban J connectivity index is 2.56. The van der Waals surface area contributed by atoms with Crippen LogP contribution in [-0.2, 0) is 0 Å². The number of rotatable bonds is 2. The number of nitrogens with zero attached hydrogens (tertiary/aromatic N) is 2. The highest BCUT2D eigenvalue weighted by Gasteiger charge is 2.14. The number of hydrogen-bond acceptors (Lipinski definition) is 4. The van der Waals surface area contributed by atoms with Gasteiger partial charge in [0.25, 0.3) is 0 Å². The highest BCUT2D eigenvalue weighted by molar-refractivity contribution is 5.87. The lowest BCUT2D eigenvalue weighted by Gasteiger charge is -2.02. The molecule has 0 unspecified atom stereocenters. The van der Waals surface area contributed by atoms with Crippen molar-refractivity contribution in [1.82, 2.24) is 9.97 Å². The summed E-state index contributed by atoms with van der Waals surface area (Å²) in [4.78, 5) is 19.0. The first-order valence-corrected chi connectivity index (χ1v) is 4.71. The molecule has 0 aromatic carbocycles. The van der Waals surface area contributed by atoms with Crippen LogP contribution in [0, 0.1) is 13.8 Å². The normalized spacial score (nSPS) is 10.4. The van der Waals surface area contributed by atoms with Gasteiger partial charge in [-0.2, -0.15) is 0 Å². The van der Waals surface area contributed by atoms with E-state index in [1.165, 1.54) is 12.5 Å². The molecule has 0 saturated heterocycles. The fourth-order valence-corrected chi connectivity index (χ4v) is 1.41. The molecule has 5 heteroatoms. The molecule has 0 atom stereocenters. The van der Waals surface area contributed by atoms with Crippen LogP contribution in [0.1, 0.15) is 21.8 Å². The number of hydrogen-bond donors (Lipinski definition) is 1. The van der Waals surface area contributed by atoms with Gasteiger partial charge in [-0.3, -0.25) is 0 Å². The molecule has 82 valence electrons. The van der Waals surface area contributed by atoms with Gasteiger partial charge < -0.3 is 9.52 Å². The molecule has 2 aromatic rings. The third-order valence-corrected chi connectivity index (χ3v) is 2.27. The van der Waals surface area contributed by atoms with E-state index < -0.39 is 5.97 Å². The summed E-state index contributed by atoms with van der Waals surface area (Å²) in [5.41, 5.74) is 1.27. The Labute approximate surface area is 91.8 Å². The van der Waals surface area contributed by atoms with Gasteiger partial charge in [0, 0.05) is 11.8 Å². The van der Waals surface area contributed by atoms with Crippen LogP contribution in [0.15, 0.2) is 22.9 Å². The van der Waals surface area contributed by atoms with Gasteiger partial charge in [0.2, 0.25) is 0 Å². The molecule has 0 aliphatic heterocycles. The fourth-order valence-electron chi connectivity index (χ4n) is 1.41. The molecule has 2 aromatic heterocycles. The predicted molar refractivity (Wildman–Crippen MR) is 56.2 cm³/mol. The van der Waals surface area contributed by atoms with Crippen molar-refractivity contribution in [2.45, 2.75) is 13.8 Å². The molecule has 5 nitrogen and oxygen atoms in total. The van der Waals surface area contributed by atoms with E-state index >= 15 is 0 Å². The van der Waals surface area contributed by atoms with Gasteiger partial charge in [-0.1, -0.05) is 0 Å². The number of aryl methyl sites for hydroxylation is 2. The van der Waals surface area contributed by atoms with Crippen LogP contribution >= 0.6 is 0 Å². The SMILES string of the molecule is Cc1cnc(-c2ccoc2C)nc1C(=O)O. The summed E-state index contributed by atoms with van der Waals surface area (Å²) in [7, 11) is 0. The van der Waals surface area contributed by atoms with Gasteiger partial charge in [-0.25, -0.2) is 14.8 Å². The van der Waals surface area contributed by atoms with Gasteiger partial charge in [-0.05, 0) is 19.9 Å². The second kappa shape index (κ2) is 3.77. The average Bonchev–Trinajstić information content (AvgIpc) is 2.65. The second-order valence-electron chi connectivity index (χ2n) is 3.42. The molecule has 16 heavy (non-hydrogen) atoms. The zero-order chi connectivity index (χ0) is 11.7. The monoisotopic (exact) mass is 218 g/mol. The molecular formula is C11H10N2O3. The maximum Gasteiger partial charge on any atom is 0.354 e. The Hall–Kier alpha value is -2.17. The largest absolute Gasteiger partial charge is 0.477 e.